The molecule has 8 heteroatoms. The molecule has 1 amide bonds. The number of hydrogen-bond donors (Lipinski definition) is 1. The molecule has 0 fully saturated rings. The Balaban J connectivity index is 1.92. The zero-order valence-electron chi connectivity index (χ0n) is 12.3. The number of carbonyl (C=O) groups is 1. The summed E-state index contributed by atoms with van der Waals surface area (Å²) in [6.07, 6.45) is -3.94. The third kappa shape index (κ3) is 4.95. The maximum atomic E-state index is 12.4. The molecule has 23 heavy (non-hydrogen) atoms. The van der Waals surface area contributed by atoms with Crippen molar-refractivity contribution in [2.45, 2.75) is 25.9 Å². The standard InChI is InChI=1S/C15H15F3N2O2S/c1-2-22-11-6-4-3-5-10(11)7-8-13(21)20-14-19-12(9-23-14)15(16,17)18/h3-6,9H,2,7-8H2,1H3,(H,19,20,21). The summed E-state index contributed by atoms with van der Waals surface area (Å²) in [5.74, 6) is 0.316. The molecule has 0 unspecified atom stereocenters. The van der Waals surface area contributed by atoms with E-state index in [-0.39, 0.29) is 17.5 Å². The number of nitrogens with zero attached hydrogens (tertiary/aromatic N) is 1. The number of ether oxygens (including phenoxy) is 1. The van der Waals surface area contributed by atoms with Crippen LogP contribution in [0.3, 0.4) is 0 Å². The first-order valence-corrected chi connectivity index (χ1v) is 7.81. The molecule has 0 atom stereocenters. The van der Waals surface area contributed by atoms with Gasteiger partial charge in [0.05, 0.1) is 6.61 Å². The summed E-state index contributed by atoms with van der Waals surface area (Å²) < 4.78 is 42.8. The first kappa shape index (κ1) is 17.3. The lowest BCUT2D eigenvalue weighted by atomic mass is 10.1. The Morgan fingerprint density at radius 1 is 1.35 bits per heavy atom. The van der Waals surface area contributed by atoms with Gasteiger partial charge in [0.15, 0.2) is 10.8 Å². The number of thiazole rings is 1. The maximum Gasteiger partial charge on any atom is 0.434 e. The third-order valence-electron chi connectivity index (χ3n) is 2.93. The fourth-order valence-electron chi connectivity index (χ4n) is 1.90. The van der Waals surface area contributed by atoms with Gasteiger partial charge in [-0.3, -0.25) is 4.79 Å². The predicted octanol–water partition coefficient (Wildman–Crippen LogP) is 4.13. The molecule has 0 saturated carbocycles. The molecule has 4 nitrogen and oxygen atoms in total. The van der Waals surface area contributed by atoms with Gasteiger partial charge in [0.25, 0.3) is 0 Å². The topological polar surface area (TPSA) is 51.2 Å². The van der Waals surface area contributed by atoms with Crippen molar-refractivity contribution >= 4 is 22.4 Å². The number of aromatic nitrogens is 1. The fraction of sp³-hybridized carbons (Fsp3) is 0.333. The Kier molecular flexibility index (Phi) is 5.59. The summed E-state index contributed by atoms with van der Waals surface area (Å²) in [6, 6.07) is 7.34. The highest BCUT2D eigenvalue weighted by molar-refractivity contribution is 7.13. The highest BCUT2D eigenvalue weighted by atomic mass is 32.1. The van der Waals surface area contributed by atoms with Crippen LogP contribution in [0.5, 0.6) is 5.75 Å². The van der Waals surface area contributed by atoms with E-state index in [2.05, 4.69) is 10.3 Å². The van der Waals surface area contributed by atoms with E-state index in [0.717, 1.165) is 22.3 Å². The van der Waals surface area contributed by atoms with Crippen molar-refractivity contribution in [1.29, 1.82) is 0 Å². The van der Waals surface area contributed by atoms with Gasteiger partial charge in [-0.1, -0.05) is 18.2 Å². The van der Waals surface area contributed by atoms with Gasteiger partial charge in [0, 0.05) is 11.8 Å². The largest absolute Gasteiger partial charge is 0.494 e. The molecule has 2 aromatic rings. The van der Waals surface area contributed by atoms with E-state index in [1.807, 2.05) is 31.2 Å². The quantitative estimate of drug-likeness (QED) is 0.857. The molecule has 0 aliphatic carbocycles. The lowest BCUT2D eigenvalue weighted by Gasteiger charge is -2.09. The van der Waals surface area contributed by atoms with Crippen LogP contribution in [-0.2, 0) is 17.4 Å². The first-order valence-electron chi connectivity index (χ1n) is 6.93. The van der Waals surface area contributed by atoms with Crippen molar-refractivity contribution in [2.75, 3.05) is 11.9 Å². The highest BCUT2D eigenvalue weighted by Gasteiger charge is 2.33. The maximum absolute atomic E-state index is 12.4. The van der Waals surface area contributed by atoms with Crippen LogP contribution in [0.25, 0.3) is 0 Å². The summed E-state index contributed by atoms with van der Waals surface area (Å²) in [7, 11) is 0. The average molecular weight is 344 g/mol. The van der Waals surface area contributed by atoms with E-state index in [4.69, 9.17) is 4.74 Å². The monoisotopic (exact) mass is 344 g/mol. The Labute approximate surface area is 135 Å². The van der Waals surface area contributed by atoms with E-state index in [0.29, 0.717) is 18.8 Å². The van der Waals surface area contributed by atoms with E-state index in [1.54, 1.807) is 0 Å². The van der Waals surface area contributed by atoms with Crippen molar-refractivity contribution in [2.24, 2.45) is 0 Å². The second kappa shape index (κ2) is 7.45. The van der Waals surface area contributed by atoms with Gasteiger partial charge in [-0.05, 0) is 25.0 Å². The summed E-state index contributed by atoms with van der Waals surface area (Å²) in [6.45, 7) is 2.38. The van der Waals surface area contributed by atoms with Crippen molar-refractivity contribution < 1.29 is 22.7 Å². The molecule has 0 aliphatic heterocycles. The number of amides is 1. The molecule has 1 N–H and O–H groups in total. The number of benzene rings is 1. The normalized spacial score (nSPS) is 11.3. The van der Waals surface area contributed by atoms with Gasteiger partial charge in [0.2, 0.25) is 5.91 Å². The van der Waals surface area contributed by atoms with Crippen molar-refractivity contribution in [1.82, 2.24) is 4.98 Å². The number of carbonyl (C=O) groups excluding carboxylic acids is 1. The third-order valence-corrected chi connectivity index (χ3v) is 3.69. The summed E-state index contributed by atoms with van der Waals surface area (Å²) in [4.78, 5) is 15.2. The first-order chi connectivity index (χ1) is 10.9. The van der Waals surface area contributed by atoms with Crippen LogP contribution in [0.15, 0.2) is 29.6 Å². The summed E-state index contributed by atoms with van der Waals surface area (Å²) in [5.41, 5.74) is -0.126. The molecule has 2 rings (SSSR count). The highest BCUT2D eigenvalue weighted by Crippen LogP contribution is 2.31. The number of rotatable bonds is 6. The second-order valence-corrected chi connectivity index (χ2v) is 5.48. The fourth-order valence-corrected chi connectivity index (χ4v) is 2.63. The number of para-hydroxylation sites is 1. The molecule has 1 heterocycles. The number of aryl methyl sites for hydroxylation is 1. The van der Waals surface area contributed by atoms with E-state index in [1.165, 1.54) is 0 Å². The summed E-state index contributed by atoms with van der Waals surface area (Å²) in [5, 5.41) is 3.20. The molecular formula is C15H15F3N2O2S. The zero-order valence-corrected chi connectivity index (χ0v) is 13.1. The van der Waals surface area contributed by atoms with Crippen LogP contribution < -0.4 is 10.1 Å². The van der Waals surface area contributed by atoms with Crippen molar-refractivity contribution in [3.63, 3.8) is 0 Å². The van der Waals surface area contributed by atoms with E-state index in [9.17, 15) is 18.0 Å². The van der Waals surface area contributed by atoms with Gasteiger partial charge in [-0.2, -0.15) is 13.2 Å². The molecule has 0 saturated heterocycles. The lowest BCUT2D eigenvalue weighted by molar-refractivity contribution is -0.140. The van der Waals surface area contributed by atoms with Crippen LogP contribution in [0, 0.1) is 0 Å². The molecule has 1 aromatic carbocycles. The second-order valence-electron chi connectivity index (χ2n) is 4.62. The number of alkyl halides is 3. The molecule has 0 spiro atoms. The van der Waals surface area contributed by atoms with E-state index >= 15 is 0 Å². The van der Waals surface area contributed by atoms with Gasteiger partial charge >= 0.3 is 6.18 Å². The summed E-state index contributed by atoms with van der Waals surface area (Å²) >= 11 is 0.750. The molecule has 124 valence electrons. The minimum Gasteiger partial charge on any atom is -0.494 e. The van der Waals surface area contributed by atoms with Crippen LogP contribution in [0.4, 0.5) is 18.3 Å². The minimum atomic E-state index is -4.50. The Morgan fingerprint density at radius 3 is 2.74 bits per heavy atom. The van der Waals surface area contributed by atoms with Crippen LogP contribution >= 0.6 is 11.3 Å². The van der Waals surface area contributed by atoms with Crippen LogP contribution in [0.1, 0.15) is 24.6 Å². The molecule has 0 radical (unpaired) electrons. The van der Waals surface area contributed by atoms with E-state index < -0.39 is 11.9 Å². The van der Waals surface area contributed by atoms with Crippen LogP contribution in [0.2, 0.25) is 0 Å². The number of halogens is 3. The molecule has 1 aromatic heterocycles. The number of anilines is 1. The predicted molar refractivity (Wildman–Crippen MR) is 81.7 cm³/mol. The van der Waals surface area contributed by atoms with Gasteiger partial charge in [0.1, 0.15) is 5.75 Å². The molecule has 0 aliphatic rings. The Bertz CT molecular complexity index is 671. The molecule has 0 bridgehead atoms. The molecular weight excluding hydrogens is 329 g/mol. The Hall–Kier alpha value is -2.09. The van der Waals surface area contributed by atoms with Crippen LogP contribution in [-0.4, -0.2) is 17.5 Å². The average Bonchev–Trinajstić information content (AvgIpc) is 2.95. The smallest absolute Gasteiger partial charge is 0.434 e. The zero-order chi connectivity index (χ0) is 16.9. The number of hydrogen-bond acceptors (Lipinski definition) is 4. The van der Waals surface area contributed by atoms with Crippen molar-refractivity contribution in [3.8, 4) is 5.75 Å². The minimum absolute atomic E-state index is 0.0552. The number of nitrogens with one attached hydrogen (secondary N) is 1. The van der Waals surface area contributed by atoms with Crippen molar-refractivity contribution in [3.05, 3.63) is 40.9 Å². The van der Waals surface area contributed by atoms with Gasteiger partial charge < -0.3 is 10.1 Å². The van der Waals surface area contributed by atoms with Gasteiger partial charge in [-0.25, -0.2) is 4.98 Å². The Morgan fingerprint density at radius 2 is 2.09 bits per heavy atom. The lowest BCUT2D eigenvalue weighted by Crippen LogP contribution is -2.13. The van der Waals surface area contributed by atoms with Gasteiger partial charge in [-0.15, -0.1) is 11.3 Å². The SMILES string of the molecule is CCOc1ccccc1CCC(=O)Nc1nc(C(F)(F)F)cs1.